The molecule has 142 valence electrons. The number of carbonyl (C=O) groups is 1. The minimum Gasteiger partial charge on any atom is -0.355 e. The SMILES string of the molecule is Cc1nc(CCNC(=O)CN2CCC(c3ccccc3)C2)nc2c1CCC2. The summed E-state index contributed by atoms with van der Waals surface area (Å²) in [5, 5.41) is 3.04. The highest BCUT2D eigenvalue weighted by Crippen LogP contribution is 2.26. The molecule has 5 heteroatoms. The van der Waals surface area contributed by atoms with E-state index >= 15 is 0 Å². The van der Waals surface area contributed by atoms with E-state index in [1.165, 1.54) is 23.2 Å². The van der Waals surface area contributed by atoms with Crippen LogP contribution < -0.4 is 5.32 Å². The number of fused-ring (bicyclic) bond motifs is 1. The van der Waals surface area contributed by atoms with Gasteiger partial charge < -0.3 is 5.32 Å². The smallest absolute Gasteiger partial charge is 0.234 e. The molecule has 0 spiro atoms. The summed E-state index contributed by atoms with van der Waals surface area (Å²) in [6, 6.07) is 10.6. The number of aromatic nitrogens is 2. The summed E-state index contributed by atoms with van der Waals surface area (Å²) >= 11 is 0. The molecule has 0 radical (unpaired) electrons. The van der Waals surface area contributed by atoms with Crippen LogP contribution in [0, 0.1) is 6.92 Å². The van der Waals surface area contributed by atoms with Gasteiger partial charge in [0.15, 0.2) is 0 Å². The number of rotatable bonds is 6. The third-order valence-electron chi connectivity index (χ3n) is 5.77. The van der Waals surface area contributed by atoms with Crippen molar-refractivity contribution >= 4 is 5.91 Å². The maximum absolute atomic E-state index is 12.3. The monoisotopic (exact) mass is 364 g/mol. The topological polar surface area (TPSA) is 58.1 Å². The van der Waals surface area contributed by atoms with Crippen LogP contribution in [-0.4, -0.2) is 47.0 Å². The molecule has 1 aromatic heterocycles. The Morgan fingerprint density at radius 1 is 1.22 bits per heavy atom. The molecule has 1 N–H and O–H groups in total. The van der Waals surface area contributed by atoms with Gasteiger partial charge in [0, 0.05) is 30.9 Å². The Labute approximate surface area is 161 Å². The van der Waals surface area contributed by atoms with Gasteiger partial charge in [0.25, 0.3) is 0 Å². The Balaban J connectivity index is 1.22. The fourth-order valence-electron chi connectivity index (χ4n) is 4.34. The average molecular weight is 364 g/mol. The van der Waals surface area contributed by atoms with Crippen molar-refractivity contribution in [2.75, 3.05) is 26.2 Å². The van der Waals surface area contributed by atoms with Crippen LogP contribution in [-0.2, 0) is 24.1 Å². The standard InChI is InChI=1S/C22H28N4O/c1-16-19-8-5-9-20(19)25-21(24-16)10-12-23-22(27)15-26-13-11-18(14-26)17-6-3-2-4-7-17/h2-4,6-7,18H,5,8-15H2,1H3,(H,23,27). The van der Waals surface area contributed by atoms with Gasteiger partial charge in [0.2, 0.25) is 5.91 Å². The molecule has 1 aromatic carbocycles. The van der Waals surface area contributed by atoms with Crippen molar-refractivity contribution in [2.24, 2.45) is 0 Å². The van der Waals surface area contributed by atoms with Gasteiger partial charge in [-0.05, 0) is 56.2 Å². The molecule has 5 nitrogen and oxygen atoms in total. The van der Waals surface area contributed by atoms with Gasteiger partial charge in [-0.2, -0.15) is 0 Å². The second-order valence-electron chi connectivity index (χ2n) is 7.74. The van der Waals surface area contributed by atoms with E-state index in [4.69, 9.17) is 0 Å². The summed E-state index contributed by atoms with van der Waals surface area (Å²) < 4.78 is 0. The minimum atomic E-state index is 0.0987. The van der Waals surface area contributed by atoms with Crippen LogP contribution in [0.5, 0.6) is 0 Å². The highest BCUT2D eigenvalue weighted by atomic mass is 16.2. The van der Waals surface area contributed by atoms with Gasteiger partial charge in [-0.1, -0.05) is 30.3 Å². The summed E-state index contributed by atoms with van der Waals surface area (Å²) in [5.74, 6) is 1.50. The molecule has 1 aliphatic heterocycles. The predicted octanol–water partition coefficient (Wildman–Crippen LogP) is 2.42. The minimum absolute atomic E-state index is 0.0987. The summed E-state index contributed by atoms with van der Waals surface area (Å²) in [5.41, 5.74) is 5.05. The highest BCUT2D eigenvalue weighted by molar-refractivity contribution is 5.78. The van der Waals surface area contributed by atoms with Gasteiger partial charge in [0.05, 0.1) is 6.54 Å². The van der Waals surface area contributed by atoms with E-state index in [1.807, 2.05) is 0 Å². The molecule has 1 aliphatic carbocycles. The van der Waals surface area contributed by atoms with E-state index in [-0.39, 0.29) is 5.91 Å². The molecule has 4 rings (SSSR count). The molecular weight excluding hydrogens is 336 g/mol. The van der Waals surface area contributed by atoms with Crippen molar-refractivity contribution < 1.29 is 4.79 Å². The Bertz CT molecular complexity index is 805. The van der Waals surface area contributed by atoms with E-state index in [9.17, 15) is 4.79 Å². The average Bonchev–Trinajstić information content (AvgIpc) is 3.32. The molecule has 1 atom stereocenters. The first-order chi connectivity index (χ1) is 13.2. The Hall–Kier alpha value is -2.27. The Morgan fingerprint density at radius 2 is 2.07 bits per heavy atom. The lowest BCUT2D eigenvalue weighted by Gasteiger charge is -2.16. The molecule has 1 unspecified atom stereocenters. The van der Waals surface area contributed by atoms with E-state index in [0.29, 0.717) is 25.4 Å². The fourth-order valence-corrected chi connectivity index (χ4v) is 4.34. The molecule has 1 saturated heterocycles. The number of aryl methyl sites for hydroxylation is 2. The Morgan fingerprint density at radius 3 is 2.93 bits per heavy atom. The number of amides is 1. The van der Waals surface area contributed by atoms with Crippen LogP contribution in [0.25, 0.3) is 0 Å². The molecule has 0 bridgehead atoms. The van der Waals surface area contributed by atoms with Gasteiger partial charge in [-0.25, -0.2) is 9.97 Å². The van der Waals surface area contributed by atoms with Crippen LogP contribution in [0.15, 0.2) is 30.3 Å². The second-order valence-corrected chi connectivity index (χ2v) is 7.74. The number of benzene rings is 1. The van der Waals surface area contributed by atoms with E-state index < -0.39 is 0 Å². The van der Waals surface area contributed by atoms with Crippen LogP contribution in [0.1, 0.15) is 47.1 Å². The fraction of sp³-hybridized carbons (Fsp3) is 0.500. The summed E-state index contributed by atoms with van der Waals surface area (Å²) in [6.07, 6.45) is 5.18. The highest BCUT2D eigenvalue weighted by Gasteiger charge is 2.25. The van der Waals surface area contributed by atoms with E-state index in [0.717, 1.165) is 43.9 Å². The van der Waals surface area contributed by atoms with Gasteiger partial charge in [-0.3, -0.25) is 9.69 Å². The second kappa shape index (κ2) is 8.17. The number of nitrogens with one attached hydrogen (secondary N) is 1. The largest absolute Gasteiger partial charge is 0.355 e. The first kappa shape index (κ1) is 18.1. The van der Waals surface area contributed by atoms with Gasteiger partial charge >= 0.3 is 0 Å². The number of nitrogens with zero attached hydrogens (tertiary/aromatic N) is 3. The molecule has 27 heavy (non-hydrogen) atoms. The first-order valence-corrected chi connectivity index (χ1v) is 10.1. The third kappa shape index (κ3) is 4.35. The number of likely N-dealkylation sites (tertiary alicyclic amines) is 1. The van der Waals surface area contributed by atoms with Crippen LogP contribution in [0.4, 0.5) is 0 Å². The normalized spacial score (nSPS) is 19.2. The van der Waals surface area contributed by atoms with E-state index in [1.54, 1.807) is 0 Å². The first-order valence-electron chi connectivity index (χ1n) is 10.1. The summed E-state index contributed by atoms with van der Waals surface area (Å²) in [4.78, 5) is 23.8. The van der Waals surface area contributed by atoms with Crippen LogP contribution >= 0.6 is 0 Å². The van der Waals surface area contributed by atoms with Crippen molar-refractivity contribution in [3.63, 3.8) is 0 Å². The van der Waals surface area contributed by atoms with Crippen molar-refractivity contribution in [2.45, 2.75) is 44.9 Å². The van der Waals surface area contributed by atoms with Crippen molar-refractivity contribution in [1.82, 2.24) is 20.2 Å². The van der Waals surface area contributed by atoms with Crippen molar-refractivity contribution in [3.8, 4) is 0 Å². The number of hydrogen-bond donors (Lipinski definition) is 1. The summed E-state index contributed by atoms with van der Waals surface area (Å²) in [6.45, 7) is 5.11. The molecular formula is C22H28N4O. The molecule has 1 fully saturated rings. The van der Waals surface area contributed by atoms with Gasteiger partial charge in [0.1, 0.15) is 5.82 Å². The molecule has 2 aromatic rings. The van der Waals surface area contributed by atoms with Crippen LogP contribution in [0.2, 0.25) is 0 Å². The summed E-state index contributed by atoms with van der Waals surface area (Å²) in [7, 11) is 0. The lowest BCUT2D eigenvalue weighted by atomic mass is 9.99. The zero-order valence-corrected chi connectivity index (χ0v) is 16.1. The quantitative estimate of drug-likeness (QED) is 0.855. The Kier molecular flexibility index (Phi) is 5.48. The van der Waals surface area contributed by atoms with Gasteiger partial charge in [-0.15, -0.1) is 0 Å². The van der Waals surface area contributed by atoms with E-state index in [2.05, 4.69) is 57.4 Å². The third-order valence-corrected chi connectivity index (χ3v) is 5.77. The van der Waals surface area contributed by atoms with Crippen molar-refractivity contribution in [1.29, 1.82) is 0 Å². The van der Waals surface area contributed by atoms with Crippen LogP contribution in [0.3, 0.4) is 0 Å². The molecule has 2 aliphatic rings. The number of carbonyl (C=O) groups excluding carboxylic acids is 1. The lowest BCUT2D eigenvalue weighted by Crippen LogP contribution is -2.37. The zero-order valence-electron chi connectivity index (χ0n) is 16.1. The maximum Gasteiger partial charge on any atom is 0.234 e. The molecule has 1 amide bonds. The van der Waals surface area contributed by atoms with Crippen molar-refractivity contribution in [3.05, 3.63) is 58.7 Å². The number of hydrogen-bond acceptors (Lipinski definition) is 4. The predicted molar refractivity (Wildman–Crippen MR) is 106 cm³/mol. The maximum atomic E-state index is 12.3. The zero-order chi connectivity index (χ0) is 18.6. The lowest BCUT2D eigenvalue weighted by molar-refractivity contribution is -0.122. The molecule has 2 heterocycles. The molecule has 0 saturated carbocycles.